The number of hydrogen-bond acceptors (Lipinski definition) is 1. The maximum atomic E-state index is 6.05. The summed E-state index contributed by atoms with van der Waals surface area (Å²) >= 11 is -2.24. The zero-order valence-electron chi connectivity index (χ0n) is 18.0. The summed E-state index contributed by atoms with van der Waals surface area (Å²) in [6, 6.07) is 4.36. The molecule has 0 spiro atoms. The average molecular weight is 469 g/mol. The molecule has 1 nitrogen and oxygen atoms in total. The molecule has 0 aromatic carbocycles. The minimum absolute atomic E-state index is 1.05. The van der Waals surface area contributed by atoms with Crippen molar-refractivity contribution in [1.29, 1.82) is 0 Å². The summed E-state index contributed by atoms with van der Waals surface area (Å²) < 4.78 is 12.6. The predicted molar refractivity (Wildman–Crippen MR) is 119 cm³/mol. The molecule has 25 heavy (non-hydrogen) atoms. The van der Waals surface area contributed by atoms with Gasteiger partial charge >= 0.3 is 163 Å². The van der Waals surface area contributed by atoms with Crippen LogP contribution in [0, 0.1) is 6.92 Å². The van der Waals surface area contributed by atoms with Crippen molar-refractivity contribution in [1.82, 2.24) is 0 Å². The SMILES string of the molecule is CCC[CH2][Sn]([CH2]CCC)([CH2]CCC)/[C](C)=C\[Si](C)(C)c1ccc(C)o1. The van der Waals surface area contributed by atoms with E-state index >= 15 is 0 Å². The average Bonchev–Trinajstić information content (AvgIpc) is 3.01. The van der Waals surface area contributed by atoms with Gasteiger partial charge in [0.1, 0.15) is 0 Å². The van der Waals surface area contributed by atoms with Crippen LogP contribution in [0.3, 0.4) is 0 Å². The van der Waals surface area contributed by atoms with Crippen LogP contribution in [0.5, 0.6) is 0 Å². The molecule has 0 fully saturated rings. The number of aryl methyl sites for hydroxylation is 1. The van der Waals surface area contributed by atoms with Crippen LogP contribution in [0.1, 0.15) is 72.0 Å². The molecule has 1 aromatic heterocycles. The molecule has 0 saturated carbocycles. The van der Waals surface area contributed by atoms with Crippen LogP contribution in [0.2, 0.25) is 26.4 Å². The van der Waals surface area contributed by atoms with Gasteiger partial charge in [-0.15, -0.1) is 0 Å². The van der Waals surface area contributed by atoms with Crippen LogP contribution in [0.15, 0.2) is 25.8 Å². The second-order valence-corrected chi connectivity index (χ2v) is 26.6. The van der Waals surface area contributed by atoms with E-state index in [1.54, 1.807) is 13.3 Å². The van der Waals surface area contributed by atoms with Crippen molar-refractivity contribution in [2.45, 2.75) is 99.5 Å². The number of allylic oxidation sites excluding steroid dienone is 1. The van der Waals surface area contributed by atoms with E-state index in [2.05, 4.69) is 65.5 Å². The standard InChI is InChI=1S/C10H15OSi.3C4H9.Sn/c1-5-8-12(3,4)10-7-6-9(2)11-10;3*1-3-4-2;/h6-8H,1-4H3;3*1,3-4H2,2H3;. The van der Waals surface area contributed by atoms with E-state index in [9.17, 15) is 0 Å². The monoisotopic (exact) mass is 470 g/mol. The van der Waals surface area contributed by atoms with Gasteiger partial charge in [0.2, 0.25) is 0 Å². The van der Waals surface area contributed by atoms with Gasteiger partial charge in [-0.3, -0.25) is 0 Å². The molecule has 1 aromatic rings. The summed E-state index contributed by atoms with van der Waals surface area (Å²) in [5, 5.41) is 1.26. The van der Waals surface area contributed by atoms with E-state index in [0.29, 0.717) is 0 Å². The van der Waals surface area contributed by atoms with Crippen LogP contribution >= 0.6 is 0 Å². The first-order valence-corrected chi connectivity index (χ1v) is 21.1. The van der Waals surface area contributed by atoms with Gasteiger partial charge in [0.05, 0.1) is 0 Å². The van der Waals surface area contributed by atoms with Crippen molar-refractivity contribution < 1.29 is 4.42 Å². The van der Waals surface area contributed by atoms with Crippen LogP contribution in [-0.2, 0) is 0 Å². The summed E-state index contributed by atoms with van der Waals surface area (Å²) in [4.78, 5) is 0. The van der Waals surface area contributed by atoms with Gasteiger partial charge in [0.15, 0.2) is 0 Å². The van der Waals surface area contributed by atoms with Crippen LogP contribution in [0.4, 0.5) is 0 Å². The maximum absolute atomic E-state index is 6.05. The summed E-state index contributed by atoms with van der Waals surface area (Å²) in [6.07, 6.45) is 8.37. The number of furan rings is 1. The first kappa shape index (κ1) is 23.1. The van der Waals surface area contributed by atoms with E-state index in [4.69, 9.17) is 4.42 Å². The van der Waals surface area contributed by atoms with E-state index in [1.165, 1.54) is 43.9 Å². The molecule has 0 bridgehead atoms. The summed E-state index contributed by atoms with van der Waals surface area (Å²) in [5.74, 6) is 1.05. The molecule has 144 valence electrons. The fourth-order valence-corrected chi connectivity index (χ4v) is 26.6. The minimum atomic E-state index is -2.24. The van der Waals surface area contributed by atoms with Gasteiger partial charge < -0.3 is 0 Å². The third-order valence-electron chi connectivity index (χ3n) is 5.82. The molecule has 3 heteroatoms. The number of rotatable bonds is 12. The molecule has 0 saturated heterocycles. The molecular weight excluding hydrogens is 427 g/mol. The molecule has 1 rings (SSSR count). The Morgan fingerprint density at radius 2 is 1.44 bits per heavy atom. The van der Waals surface area contributed by atoms with Gasteiger partial charge in [-0.05, 0) is 0 Å². The summed E-state index contributed by atoms with van der Waals surface area (Å²) in [7, 11) is -1.63. The predicted octanol–water partition coefficient (Wildman–Crippen LogP) is 7.38. The second-order valence-electron chi connectivity index (χ2n) is 8.55. The Morgan fingerprint density at radius 3 is 1.80 bits per heavy atom. The number of unbranched alkanes of at least 4 members (excludes halogenated alkanes) is 3. The van der Waals surface area contributed by atoms with Crippen LogP contribution in [0.25, 0.3) is 0 Å². The molecular formula is C22H42OSiSn. The van der Waals surface area contributed by atoms with Crippen molar-refractivity contribution in [3.05, 3.63) is 27.2 Å². The molecule has 0 N–H and O–H groups in total. The Labute approximate surface area is 162 Å². The van der Waals surface area contributed by atoms with Crippen molar-refractivity contribution in [3.8, 4) is 0 Å². The third-order valence-corrected chi connectivity index (χ3v) is 25.7. The fourth-order valence-electron chi connectivity index (χ4n) is 4.06. The Morgan fingerprint density at radius 1 is 0.960 bits per heavy atom. The first-order valence-electron chi connectivity index (χ1n) is 10.6. The van der Waals surface area contributed by atoms with Gasteiger partial charge in [-0.25, -0.2) is 0 Å². The Hall–Kier alpha value is 0.0356. The van der Waals surface area contributed by atoms with Gasteiger partial charge in [-0.1, -0.05) is 0 Å². The molecule has 1 heterocycles. The molecule has 0 radical (unpaired) electrons. The zero-order chi connectivity index (χ0) is 18.9. The topological polar surface area (TPSA) is 13.1 Å². The van der Waals surface area contributed by atoms with Crippen LogP contribution < -0.4 is 5.38 Å². The van der Waals surface area contributed by atoms with E-state index in [1.807, 2.05) is 3.59 Å². The van der Waals surface area contributed by atoms with Crippen molar-refractivity contribution >= 4 is 31.8 Å². The van der Waals surface area contributed by atoms with Crippen molar-refractivity contribution in [2.24, 2.45) is 0 Å². The molecule has 0 atom stereocenters. The quantitative estimate of drug-likeness (QED) is 0.291. The normalized spacial score (nSPS) is 13.5. The van der Waals surface area contributed by atoms with Gasteiger partial charge in [0.25, 0.3) is 0 Å². The van der Waals surface area contributed by atoms with Crippen molar-refractivity contribution in [2.75, 3.05) is 0 Å². The van der Waals surface area contributed by atoms with E-state index in [0.717, 1.165) is 5.76 Å². The molecule has 0 aliphatic carbocycles. The van der Waals surface area contributed by atoms with Gasteiger partial charge in [-0.2, -0.15) is 0 Å². The third kappa shape index (κ3) is 6.93. The zero-order valence-corrected chi connectivity index (χ0v) is 21.9. The Balaban J connectivity index is 3.18. The molecule has 0 aliphatic heterocycles. The molecule has 0 amide bonds. The Kier molecular flexibility index (Phi) is 10.2. The Bertz CT molecular complexity index is 508. The van der Waals surface area contributed by atoms with E-state index in [-0.39, 0.29) is 0 Å². The fraction of sp³-hybridized carbons (Fsp3) is 0.727. The molecule has 0 unspecified atom stereocenters. The number of hydrogen-bond donors (Lipinski definition) is 0. The van der Waals surface area contributed by atoms with E-state index < -0.39 is 26.5 Å². The first-order chi connectivity index (χ1) is 11.8. The second kappa shape index (κ2) is 11.0. The van der Waals surface area contributed by atoms with Crippen LogP contribution in [-0.4, -0.2) is 26.5 Å². The van der Waals surface area contributed by atoms with Crippen molar-refractivity contribution in [3.63, 3.8) is 0 Å². The van der Waals surface area contributed by atoms with Gasteiger partial charge in [0, 0.05) is 0 Å². The molecule has 0 aliphatic rings. The summed E-state index contributed by atoms with van der Waals surface area (Å²) in [5.41, 5.74) is 2.74. The summed E-state index contributed by atoms with van der Waals surface area (Å²) in [6.45, 7) is 16.6.